The van der Waals surface area contributed by atoms with Gasteiger partial charge in [-0.15, -0.1) is 11.3 Å². The zero-order valence-electron chi connectivity index (χ0n) is 10.8. The summed E-state index contributed by atoms with van der Waals surface area (Å²) in [5, 5.41) is 5.12. The Labute approximate surface area is 117 Å². The van der Waals surface area contributed by atoms with Gasteiger partial charge in [-0.05, 0) is 30.7 Å². The first-order valence-corrected chi connectivity index (χ1v) is 7.74. The fourth-order valence-electron chi connectivity index (χ4n) is 2.85. The molecule has 1 aliphatic carbocycles. The van der Waals surface area contributed by atoms with Crippen molar-refractivity contribution in [1.82, 2.24) is 5.32 Å². The molecule has 5 heteroatoms. The standard InChI is InChI=1S/C14H19NO3S/c16-14(9-11-2-1-7-19-11)15-10-3-4-12-13(8-10)18-6-5-17-12/h1-2,7,10,12-13H,3-6,8-9H2,(H,15,16)/t10-,12+,13+/m1/s1. The van der Waals surface area contributed by atoms with Gasteiger partial charge in [-0.3, -0.25) is 4.79 Å². The van der Waals surface area contributed by atoms with Crippen molar-refractivity contribution < 1.29 is 14.3 Å². The van der Waals surface area contributed by atoms with Crippen LogP contribution < -0.4 is 5.32 Å². The quantitative estimate of drug-likeness (QED) is 0.918. The third-order valence-corrected chi connectivity index (χ3v) is 4.63. The first-order chi connectivity index (χ1) is 9.31. The number of hydrogen-bond donors (Lipinski definition) is 1. The zero-order valence-corrected chi connectivity index (χ0v) is 11.7. The number of carbonyl (C=O) groups excluding carboxylic acids is 1. The second kappa shape index (κ2) is 6.03. The number of thiophene rings is 1. The molecule has 1 saturated heterocycles. The highest BCUT2D eigenvalue weighted by Gasteiger charge is 2.34. The van der Waals surface area contributed by atoms with Crippen LogP contribution in [0.3, 0.4) is 0 Å². The summed E-state index contributed by atoms with van der Waals surface area (Å²) in [7, 11) is 0. The Balaban J connectivity index is 1.49. The Hall–Kier alpha value is -0.910. The van der Waals surface area contributed by atoms with Gasteiger partial charge in [0.25, 0.3) is 0 Å². The predicted molar refractivity (Wildman–Crippen MR) is 73.3 cm³/mol. The van der Waals surface area contributed by atoms with Crippen LogP contribution >= 0.6 is 11.3 Å². The highest BCUT2D eigenvalue weighted by molar-refractivity contribution is 7.10. The molecule has 4 nitrogen and oxygen atoms in total. The van der Waals surface area contributed by atoms with Crippen molar-refractivity contribution >= 4 is 17.2 Å². The zero-order chi connectivity index (χ0) is 13.1. The summed E-state index contributed by atoms with van der Waals surface area (Å²) < 4.78 is 11.4. The molecule has 1 saturated carbocycles. The predicted octanol–water partition coefficient (Wildman–Crippen LogP) is 1.74. The number of fused-ring (bicyclic) bond motifs is 1. The van der Waals surface area contributed by atoms with Gasteiger partial charge in [0.1, 0.15) is 0 Å². The van der Waals surface area contributed by atoms with Crippen LogP contribution in [0.15, 0.2) is 17.5 Å². The first kappa shape index (κ1) is 13.1. The van der Waals surface area contributed by atoms with Crippen molar-refractivity contribution in [3.63, 3.8) is 0 Å². The lowest BCUT2D eigenvalue weighted by Gasteiger charge is -2.39. The largest absolute Gasteiger partial charge is 0.373 e. The van der Waals surface area contributed by atoms with Crippen LogP contribution in [-0.2, 0) is 20.7 Å². The van der Waals surface area contributed by atoms with Gasteiger partial charge in [-0.2, -0.15) is 0 Å². The van der Waals surface area contributed by atoms with Gasteiger partial charge in [-0.25, -0.2) is 0 Å². The smallest absolute Gasteiger partial charge is 0.225 e. The van der Waals surface area contributed by atoms with E-state index in [9.17, 15) is 4.79 Å². The van der Waals surface area contributed by atoms with E-state index in [4.69, 9.17) is 9.47 Å². The van der Waals surface area contributed by atoms with Crippen LogP contribution in [-0.4, -0.2) is 37.4 Å². The minimum absolute atomic E-state index is 0.114. The lowest BCUT2D eigenvalue weighted by atomic mass is 9.89. The van der Waals surface area contributed by atoms with Gasteiger partial charge >= 0.3 is 0 Å². The Morgan fingerprint density at radius 3 is 2.95 bits per heavy atom. The molecule has 1 amide bonds. The van der Waals surface area contributed by atoms with Gasteiger partial charge in [0, 0.05) is 10.9 Å². The van der Waals surface area contributed by atoms with Gasteiger partial charge in [0.2, 0.25) is 5.91 Å². The normalized spacial score (nSPS) is 30.6. The second-order valence-corrected chi connectivity index (χ2v) is 6.18. The van der Waals surface area contributed by atoms with E-state index in [2.05, 4.69) is 5.32 Å². The van der Waals surface area contributed by atoms with Crippen LogP contribution in [0.25, 0.3) is 0 Å². The summed E-state index contributed by atoms with van der Waals surface area (Å²) in [6.07, 6.45) is 3.73. The summed E-state index contributed by atoms with van der Waals surface area (Å²) in [6, 6.07) is 4.21. The van der Waals surface area contributed by atoms with Crippen molar-refractivity contribution in [2.75, 3.05) is 13.2 Å². The number of hydrogen-bond acceptors (Lipinski definition) is 4. The molecule has 19 heavy (non-hydrogen) atoms. The van der Waals surface area contributed by atoms with Crippen molar-refractivity contribution in [2.45, 2.75) is 43.9 Å². The summed E-state index contributed by atoms with van der Waals surface area (Å²) >= 11 is 1.63. The molecule has 0 aromatic carbocycles. The molecule has 2 heterocycles. The minimum atomic E-state index is 0.114. The van der Waals surface area contributed by atoms with Gasteiger partial charge in [0.15, 0.2) is 0 Å². The van der Waals surface area contributed by atoms with E-state index < -0.39 is 0 Å². The van der Waals surface area contributed by atoms with Gasteiger partial charge in [0.05, 0.1) is 31.8 Å². The maximum Gasteiger partial charge on any atom is 0.225 e. The number of rotatable bonds is 3. The van der Waals surface area contributed by atoms with Gasteiger partial charge in [-0.1, -0.05) is 6.07 Å². The number of ether oxygens (including phenoxy) is 2. The molecule has 0 unspecified atom stereocenters. The maximum atomic E-state index is 12.0. The van der Waals surface area contributed by atoms with E-state index in [-0.39, 0.29) is 24.2 Å². The number of nitrogens with one attached hydrogen (secondary N) is 1. The molecule has 3 rings (SSSR count). The molecule has 1 N–H and O–H groups in total. The van der Waals surface area contributed by atoms with Crippen molar-refractivity contribution in [3.05, 3.63) is 22.4 Å². The highest BCUT2D eigenvalue weighted by Crippen LogP contribution is 2.26. The summed E-state index contributed by atoms with van der Waals surface area (Å²) in [6.45, 7) is 1.38. The monoisotopic (exact) mass is 281 g/mol. The van der Waals surface area contributed by atoms with E-state index in [1.54, 1.807) is 11.3 Å². The molecule has 1 aromatic heterocycles. The van der Waals surface area contributed by atoms with Crippen LogP contribution in [0.4, 0.5) is 0 Å². The lowest BCUT2D eigenvalue weighted by Crippen LogP contribution is -2.49. The third kappa shape index (κ3) is 3.35. The highest BCUT2D eigenvalue weighted by atomic mass is 32.1. The Kier molecular flexibility index (Phi) is 4.15. The lowest BCUT2D eigenvalue weighted by molar-refractivity contribution is -0.158. The number of carbonyl (C=O) groups is 1. The Morgan fingerprint density at radius 1 is 1.32 bits per heavy atom. The van der Waals surface area contributed by atoms with E-state index >= 15 is 0 Å². The van der Waals surface area contributed by atoms with E-state index in [0.717, 1.165) is 24.1 Å². The molecule has 0 spiro atoms. The van der Waals surface area contributed by atoms with Crippen LogP contribution in [0.2, 0.25) is 0 Å². The Bertz CT molecular complexity index is 420. The number of amides is 1. The fourth-order valence-corrected chi connectivity index (χ4v) is 3.55. The van der Waals surface area contributed by atoms with Gasteiger partial charge < -0.3 is 14.8 Å². The average molecular weight is 281 g/mol. The summed E-state index contributed by atoms with van der Waals surface area (Å²) in [4.78, 5) is 13.1. The minimum Gasteiger partial charge on any atom is -0.373 e. The van der Waals surface area contributed by atoms with Crippen LogP contribution in [0, 0.1) is 0 Å². The van der Waals surface area contributed by atoms with E-state index in [0.29, 0.717) is 19.6 Å². The Morgan fingerprint density at radius 2 is 2.16 bits per heavy atom. The van der Waals surface area contributed by atoms with Crippen LogP contribution in [0.1, 0.15) is 24.1 Å². The molecule has 2 fully saturated rings. The third-order valence-electron chi connectivity index (χ3n) is 3.76. The topological polar surface area (TPSA) is 47.6 Å². The van der Waals surface area contributed by atoms with Crippen LogP contribution in [0.5, 0.6) is 0 Å². The molecule has 104 valence electrons. The molecular weight excluding hydrogens is 262 g/mol. The second-order valence-electron chi connectivity index (χ2n) is 5.15. The molecule has 3 atom stereocenters. The molecule has 2 aliphatic rings. The molecule has 1 aliphatic heterocycles. The van der Waals surface area contributed by atoms with Crippen molar-refractivity contribution in [3.8, 4) is 0 Å². The summed E-state index contributed by atoms with van der Waals surface area (Å²) in [5.74, 6) is 0.114. The fraction of sp³-hybridized carbons (Fsp3) is 0.643. The van der Waals surface area contributed by atoms with Crippen molar-refractivity contribution in [2.24, 2.45) is 0 Å². The summed E-state index contributed by atoms with van der Waals surface area (Å²) in [5.41, 5.74) is 0. The van der Waals surface area contributed by atoms with E-state index in [1.807, 2.05) is 17.5 Å². The van der Waals surface area contributed by atoms with E-state index in [1.165, 1.54) is 0 Å². The molecule has 0 radical (unpaired) electrons. The molecule has 1 aromatic rings. The maximum absolute atomic E-state index is 12.0. The average Bonchev–Trinajstić information content (AvgIpc) is 2.91. The first-order valence-electron chi connectivity index (χ1n) is 6.86. The molecule has 0 bridgehead atoms. The SMILES string of the molecule is O=C(Cc1cccs1)N[C@@H]1CC[C@@H]2OCCO[C@H]2C1. The van der Waals surface area contributed by atoms with Crippen molar-refractivity contribution in [1.29, 1.82) is 0 Å². The molecular formula is C14H19NO3S.